The van der Waals surface area contributed by atoms with E-state index in [0.29, 0.717) is 0 Å². The van der Waals surface area contributed by atoms with Gasteiger partial charge in [0, 0.05) is 41.9 Å². The molecule has 8 rings (SSSR count). The van der Waals surface area contributed by atoms with Crippen LogP contribution in [0, 0.1) is 0 Å². The van der Waals surface area contributed by atoms with Gasteiger partial charge in [-0.3, -0.25) is 0 Å². The summed E-state index contributed by atoms with van der Waals surface area (Å²) < 4.78 is 8.20. The van der Waals surface area contributed by atoms with E-state index in [1.54, 1.807) is 0 Å². The zero-order valence-electron chi connectivity index (χ0n) is 29.7. The lowest BCUT2D eigenvalue weighted by atomic mass is 9.96. The van der Waals surface area contributed by atoms with E-state index in [-0.39, 0.29) is 0 Å². The molecule has 2 aromatic carbocycles. The molecule has 52 heavy (non-hydrogen) atoms. The Balaban J connectivity index is 1.40. The normalized spacial score (nSPS) is 20.0. The fourth-order valence-electron chi connectivity index (χ4n) is 5.42. The second-order valence-corrected chi connectivity index (χ2v) is 27.9. The van der Waals surface area contributed by atoms with E-state index < -0.39 is 0 Å². The standard InChI is InChI=1S/C40H34S12/c1-19-20(2)42-37(41-19)27(17-33-49-29-13-9-10-14-30(29)50-33)35(39-45-23(5)24(6)46-39)36(40-47-25(7)26(8)48-40)28(38-43-21(3)22(4)44-38)18-34-51-31-15-11-12-16-32(31)52-34/h9-18H,1-8H3. The molecule has 0 amide bonds. The Hall–Kier alpha value is 0.0400. The number of benzene rings is 2. The van der Waals surface area contributed by atoms with Crippen LogP contribution in [0.1, 0.15) is 55.4 Å². The minimum Gasteiger partial charge on any atom is -0.0860 e. The van der Waals surface area contributed by atoms with Crippen molar-refractivity contribution in [2.75, 3.05) is 0 Å². The number of fused-ring (bicyclic) bond motifs is 2. The average Bonchev–Trinajstić information content (AvgIpc) is 3.96. The highest BCUT2D eigenvalue weighted by molar-refractivity contribution is 8.30. The van der Waals surface area contributed by atoms with Crippen LogP contribution in [0.25, 0.3) is 0 Å². The van der Waals surface area contributed by atoms with Crippen molar-refractivity contribution in [1.82, 2.24) is 0 Å². The number of rotatable bonds is 5. The topological polar surface area (TPSA) is 0 Å². The van der Waals surface area contributed by atoms with Crippen LogP contribution in [0.5, 0.6) is 0 Å². The van der Waals surface area contributed by atoms with E-state index in [1.165, 1.54) is 107 Å². The van der Waals surface area contributed by atoms with Crippen LogP contribution in [0.3, 0.4) is 0 Å². The maximum Gasteiger partial charge on any atom is 0.0578 e. The van der Waals surface area contributed by atoms with Crippen LogP contribution in [0.4, 0.5) is 0 Å². The first-order valence-corrected chi connectivity index (χ1v) is 26.3. The summed E-state index contributed by atoms with van der Waals surface area (Å²) in [5, 5.41) is 0. The quantitative estimate of drug-likeness (QED) is 0.281. The van der Waals surface area contributed by atoms with Crippen LogP contribution in [0.2, 0.25) is 0 Å². The van der Waals surface area contributed by atoms with Crippen molar-refractivity contribution in [2.45, 2.75) is 75.0 Å². The highest BCUT2D eigenvalue weighted by Gasteiger charge is 2.35. The SMILES string of the molecule is CC1=C(C)SC(=C(C=C2Sc3ccccc3S2)C(=C2SC(C)=C(C)S2)C(=C2SC(C)=C(C)S2)C(C=C2Sc3ccccc3S2)=C2SC(C)=C(C)S2)S1. The minimum absolute atomic E-state index is 1.34. The molecule has 0 aliphatic carbocycles. The van der Waals surface area contributed by atoms with Gasteiger partial charge in [0.2, 0.25) is 0 Å². The van der Waals surface area contributed by atoms with Crippen molar-refractivity contribution < 1.29 is 0 Å². The molecule has 0 bridgehead atoms. The molecule has 2 aromatic rings. The Morgan fingerprint density at radius 3 is 0.808 bits per heavy atom. The van der Waals surface area contributed by atoms with Gasteiger partial charge in [0.15, 0.2) is 0 Å². The molecule has 0 saturated heterocycles. The van der Waals surface area contributed by atoms with Gasteiger partial charge >= 0.3 is 0 Å². The van der Waals surface area contributed by atoms with Gasteiger partial charge in [-0.25, -0.2) is 0 Å². The Bertz CT molecular complexity index is 1990. The zero-order valence-corrected chi connectivity index (χ0v) is 39.5. The monoisotopic (exact) mass is 898 g/mol. The first kappa shape index (κ1) is 38.9. The average molecular weight is 900 g/mol. The molecule has 0 radical (unpaired) electrons. The summed E-state index contributed by atoms with van der Waals surface area (Å²) >= 11 is 23.4. The van der Waals surface area contributed by atoms with E-state index >= 15 is 0 Å². The van der Waals surface area contributed by atoms with Crippen LogP contribution in [-0.2, 0) is 0 Å². The van der Waals surface area contributed by atoms with E-state index in [0.717, 1.165) is 0 Å². The Kier molecular flexibility index (Phi) is 12.3. The van der Waals surface area contributed by atoms with Gasteiger partial charge in [-0.15, -0.1) is 0 Å². The lowest BCUT2D eigenvalue weighted by Crippen LogP contribution is -2.03. The highest BCUT2D eigenvalue weighted by Crippen LogP contribution is 2.64. The number of hydrogen-bond donors (Lipinski definition) is 0. The molecular weight excluding hydrogens is 865 g/mol. The molecule has 0 fully saturated rings. The summed E-state index contributed by atoms with van der Waals surface area (Å²) in [7, 11) is 0. The molecule has 266 valence electrons. The van der Waals surface area contributed by atoms with Gasteiger partial charge in [0.05, 0.1) is 25.4 Å². The van der Waals surface area contributed by atoms with E-state index in [4.69, 9.17) is 0 Å². The molecule has 6 aliphatic rings. The van der Waals surface area contributed by atoms with Crippen molar-refractivity contribution >= 4 is 141 Å². The van der Waals surface area contributed by atoms with Crippen molar-refractivity contribution in [1.29, 1.82) is 0 Å². The molecular formula is C40H34S12. The molecule has 6 heterocycles. The molecule has 0 saturated carbocycles. The van der Waals surface area contributed by atoms with Crippen LogP contribution >= 0.6 is 141 Å². The molecule has 0 spiro atoms. The van der Waals surface area contributed by atoms with E-state index in [1.807, 2.05) is 141 Å². The van der Waals surface area contributed by atoms with Crippen molar-refractivity contribution in [3.05, 3.63) is 148 Å². The number of hydrogen-bond acceptors (Lipinski definition) is 12. The summed E-state index contributed by atoms with van der Waals surface area (Å²) in [6, 6.07) is 17.7. The summed E-state index contributed by atoms with van der Waals surface area (Å²) in [4.78, 5) is 16.6. The molecule has 0 nitrogen and oxygen atoms in total. The van der Waals surface area contributed by atoms with Gasteiger partial charge in [-0.05, 0) is 131 Å². The Morgan fingerprint density at radius 1 is 0.327 bits per heavy atom. The number of allylic oxidation sites excluding steroid dienone is 14. The van der Waals surface area contributed by atoms with E-state index in [2.05, 4.69) is 116 Å². The third-order valence-corrected chi connectivity index (χ3v) is 24.1. The zero-order chi connectivity index (χ0) is 36.3. The van der Waals surface area contributed by atoms with Crippen LogP contribution < -0.4 is 0 Å². The van der Waals surface area contributed by atoms with E-state index in [9.17, 15) is 0 Å². The van der Waals surface area contributed by atoms with Crippen LogP contribution in [0.15, 0.2) is 167 Å². The Morgan fingerprint density at radius 2 is 0.558 bits per heavy atom. The maximum atomic E-state index is 2.54. The predicted molar refractivity (Wildman–Crippen MR) is 255 cm³/mol. The molecule has 0 atom stereocenters. The van der Waals surface area contributed by atoms with Gasteiger partial charge < -0.3 is 0 Å². The summed E-state index contributed by atoms with van der Waals surface area (Å²) in [5.74, 6) is 0. The summed E-state index contributed by atoms with van der Waals surface area (Å²) in [5.41, 5.74) is 5.44. The molecule has 0 aromatic heterocycles. The van der Waals surface area contributed by atoms with Crippen LogP contribution in [-0.4, -0.2) is 0 Å². The largest absolute Gasteiger partial charge is 0.0860 e. The summed E-state index contributed by atoms with van der Waals surface area (Å²) in [6.07, 6.45) is 5.07. The lowest BCUT2D eigenvalue weighted by molar-refractivity contribution is 1.27. The highest BCUT2D eigenvalue weighted by atomic mass is 32.2. The first-order valence-electron chi connectivity index (χ1n) is 16.5. The first-order chi connectivity index (χ1) is 25.0. The molecule has 0 N–H and O–H groups in total. The molecule has 12 heteroatoms. The second-order valence-electron chi connectivity index (χ2n) is 12.2. The predicted octanol–water partition coefficient (Wildman–Crippen LogP) is 18.2. The molecule has 6 aliphatic heterocycles. The third-order valence-electron chi connectivity index (χ3n) is 8.65. The van der Waals surface area contributed by atoms with Gasteiger partial charge in [-0.1, -0.05) is 165 Å². The second kappa shape index (κ2) is 16.5. The van der Waals surface area contributed by atoms with Crippen molar-refractivity contribution in [3.63, 3.8) is 0 Å². The summed E-state index contributed by atoms with van der Waals surface area (Å²) in [6.45, 7) is 18.3. The lowest BCUT2D eigenvalue weighted by Gasteiger charge is -2.23. The number of thioether (sulfide) groups is 12. The van der Waals surface area contributed by atoms with Gasteiger partial charge in [-0.2, -0.15) is 0 Å². The minimum atomic E-state index is 1.34. The Labute approximate surface area is 359 Å². The smallest absolute Gasteiger partial charge is 0.0578 e. The fraction of sp³-hybridized carbons (Fsp3) is 0.200. The van der Waals surface area contributed by atoms with Gasteiger partial charge in [0.25, 0.3) is 0 Å². The molecule has 0 unspecified atom stereocenters. The van der Waals surface area contributed by atoms with Crippen molar-refractivity contribution in [2.24, 2.45) is 0 Å². The van der Waals surface area contributed by atoms with Crippen molar-refractivity contribution in [3.8, 4) is 0 Å². The van der Waals surface area contributed by atoms with Gasteiger partial charge in [0.1, 0.15) is 0 Å². The fourth-order valence-corrected chi connectivity index (χ4v) is 20.5. The third kappa shape index (κ3) is 8.08. The maximum absolute atomic E-state index is 2.54.